The van der Waals surface area contributed by atoms with Gasteiger partial charge in [-0.05, 0) is 152 Å². The Bertz CT molecular complexity index is 4870. The van der Waals surface area contributed by atoms with Crippen molar-refractivity contribution in [2.24, 2.45) is 35.5 Å². The Balaban J connectivity index is 0.726. The fourth-order valence-corrected chi connectivity index (χ4v) is 16.0. The van der Waals surface area contributed by atoms with E-state index < -0.39 is 59.4 Å². The van der Waals surface area contributed by atoms with Gasteiger partial charge < -0.3 is 18.9 Å². The standard InChI is InChI=1S/C80H52O8/c81-77(85-39-55-25-21-51-17-13-43-5-1-9-47-29-33-59(55)69(51)65(43)47)73-63-37-38-64(74(73)78(82)86-40-56-26-22-52-18-14-44-6-2-10-48-30-34-60(56)70(52)66(44)48)76(80(84)88-42-58-28-24-54-20-16-46-8-4-12-50-32-36-62(58)72(54)68(46)50)75(63)79(83)87-41-57-27-23-53-19-15-45-7-3-11-49-31-35-61(57)71(53)67(45)49/h1-38,63-64,73-76H,39-42H2. The van der Waals surface area contributed by atoms with Crippen LogP contribution in [0.2, 0.25) is 0 Å². The number of carbonyl (C=O) groups is 4. The molecule has 0 spiro atoms. The van der Waals surface area contributed by atoms with Crippen LogP contribution >= 0.6 is 0 Å². The molecule has 2 bridgehead atoms. The number of carbonyl (C=O) groups excluding carboxylic acids is 4. The van der Waals surface area contributed by atoms with Gasteiger partial charge in [0.2, 0.25) is 0 Å². The van der Waals surface area contributed by atoms with Gasteiger partial charge in [-0.15, -0.1) is 0 Å². The molecule has 88 heavy (non-hydrogen) atoms. The van der Waals surface area contributed by atoms with Crippen molar-refractivity contribution in [1.29, 1.82) is 0 Å². The van der Waals surface area contributed by atoms with Gasteiger partial charge in [-0.1, -0.05) is 231 Å². The highest BCUT2D eigenvalue weighted by molar-refractivity contribution is 6.27. The zero-order chi connectivity index (χ0) is 58.5. The third-order valence-electron chi connectivity index (χ3n) is 20.0. The molecule has 4 atom stereocenters. The van der Waals surface area contributed by atoms with Crippen molar-refractivity contribution < 1.29 is 38.1 Å². The van der Waals surface area contributed by atoms with Crippen LogP contribution in [-0.2, 0) is 64.6 Å². The number of fused-ring (bicyclic) bond motifs is 2. The van der Waals surface area contributed by atoms with Crippen LogP contribution in [0.15, 0.2) is 231 Å². The van der Waals surface area contributed by atoms with Crippen LogP contribution in [0.1, 0.15) is 22.3 Å². The van der Waals surface area contributed by atoms with E-state index in [1.807, 2.05) is 60.7 Å². The van der Waals surface area contributed by atoms with Crippen molar-refractivity contribution in [2.75, 3.05) is 0 Å². The zero-order valence-electron chi connectivity index (χ0n) is 47.5. The molecule has 0 aromatic heterocycles. The second-order valence-electron chi connectivity index (χ2n) is 24.4. The van der Waals surface area contributed by atoms with Crippen molar-refractivity contribution in [2.45, 2.75) is 26.4 Å². The summed E-state index contributed by atoms with van der Waals surface area (Å²) in [6, 6.07) is 74.8. The minimum atomic E-state index is -1.25. The fourth-order valence-electron chi connectivity index (χ4n) is 16.0. The van der Waals surface area contributed by atoms with Gasteiger partial charge in [-0.2, -0.15) is 0 Å². The number of rotatable bonds is 12. The summed E-state index contributed by atoms with van der Waals surface area (Å²) in [7, 11) is 0. The predicted molar refractivity (Wildman–Crippen MR) is 350 cm³/mol. The molecule has 1 fully saturated rings. The van der Waals surface area contributed by atoms with E-state index in [2.05, 4.69) is 170 Å². The summed E-state index contributed by atoms with van der Waals surface area (Å²) in [5.41, 5.74) is 3.17. The van der Waals surface area contributed by atoms with Gasteiger partial charge in [0.05, 0.1) is 23.7 Å². The summed E-state index contributed by atoms with van der Waals surface area (Å²) in [5, 5.41) is 25.8. The highest BCUT2D eigenvalue weighted by Gasteiger charge is 2.62. The van der Waals surface area contributed by atoms with Crippen molar-refractivity contribution in [3.63, 3.8) is 0 Å². The number of esters is 4. The molecule has 8 heteroatoms. The molecule has 0 amide bonds. The highest BCUT2D eigenvalue weighted by atomic mass is 16.6. The summed E-state index contributed by atoms with van der Waals surface area (Å²) in [5.74, 6) is -9.80. The molecule has 0 saturated heterocycles. The minimum Gasteiger partial charge on any atom is -0.461 e. The van der Waals surface area contributed by atoms with Gasteiger partial charge in [-0.3, -0.25) is 19.2 Å². The Morgan fingerprint density at radius 3 is 0.625 bits per heavy atom. The smallest absolute Gasteiger partial charge is 0.310 e. The molecule has 16 aromatic carbocycles. The molecule has 420 valence electrons. The molecule has 0 aliphatic heterocycles. The van der Waals surface area contributed by atoms with Gasteiger partial charge >= 0.3 is 23.9 Å². The molecule has 3 aliphatic rings. The first kappa shape index (κ1) is 50.6. The van der Waals surface area contributed by atoms with Crippen molar-refractivity contribution >= 4 is 153 Å². The Kier molecular flexibility index (Phi) is 11.2. The number of ether oxygens (including phenoxy) is 4. The van der Waals surface area contributed by atoms with Crippen LogP contribution < -0.4 is 0 Å². The first-order chi connectivity index (χ1) is 43.3. The normalized spacial score (nSPS) is 18.5. The summed E-state index contributed by atoms with van der Waals surface area (Å²) in [4.78, 5) is 62.3. The van der Waals surface area contributed by atoms with E-state index in [4.69, 9.17) is 18.9 Å². The van der Waals surface area contributed by atoms with E-state index in [0.717, 1.165) is 152 Å². The quantitative estimate of drug-likeness (QED) is 0.0516. The highest BCUT2D eigenvalue weighted by Crippen LogP contribution is 2.54. The maximum Gasteiger partial charge on any atom is 0.310 e. The van der Waals surface area contributed by atoms with Crippen molar-refractivity contribution in [3.8, 4) is 0 Å². The van der Waals surface area contributed by atoms with Crippen LogP contribution in [0.25, 0.3) is 129 Å². The van der Waals surface area contributed by atoms with Gasteiger partial charge in [-0.25, -0.2) is 0 Å². The van der Waals surface area contributed by atoms with Gasteiger partial charge in [0.1, 0.15) is 26.4 Å². The lowest BCUT2D eigenvalue weighted by atomic mass is 9.53. The number of allylic oxidation sites excluding steroid dienone is 2. The van der Waals surface area contributed by atoms with E-state index in [9.17, 15) is 0 Å². The summed E-state index contributed by atoms with van der Waals surface area (Å²) in [6.07, 6.45) is 3.62. The van der Waals surface area contributed by atoms with Gasteiger partial charge in [0.25, 0.3) is 0 Å². The Hall–Kier alpha value is -10.7. The fraction of sp³-hybridized carbons (Fsp3) is 0.125. The first-order valence-electron chi connectivity index (χ1n) is 30.3. The average Bonchev–Trinajstić information content (AvgIpc) is 0.960. The summed E-state index contributed by atoms with van der Waals surface area (Å²) < 4.78 is 25.9. The summed E-state index contributed by atoms with van der Waals surface area (Å²) >= 11 is 0. The molecule has 0 heterocycles. The monoisotopic (exact) mass is 1140 g/mol. The largest absolute Gasteiger partial charge is 0.461 e. The van der Waals surface area contributed by atoms with Crippen molar-refractivity contribution in [1.82, 2.24) is 0 Å². The molecule has 3 aliphatic carbocycles. The van der Waals surface area contributed by atoms with E-state index in [0.29, 0.717) is 0 Å². The molecule has 16 aromatic rings. The lowest BCUT2D eigenvalue weighted by Crippen LogP contribution is -2.58. The molecular weight excluding hydrogens is 1090 g/mol. The number of hydrogen-bond donors (Lipinski definition) is 0. The molecule has 4 unspecified atom stereocenters. The number of benzene rings is 16. The van der Waals surface area contributed by atoms with E-state index in [1.165, 1.54) is 0 Å². The third-order valence-corrected chi connectivity index (χ3v) is 20.0. The lowest BCUT2D eigenvalue weighted by molar-refractivity contribution is -0.187. The molecule has 0 N–H and O–H groups in total. The Morgan fingerprint density at radius 2 is 0.409 bits per heavy atom. The maximum absolute atomic E-state index is 15.6. The van der Waals surface area contributed by atoms with Crippen LogP contribution in [0.5, 0.6) is 0 Å². The molecule has 0 radical (unpaired) electrons. The molecule has 19 rings (SSSR count). The average molecular weight is 1140 g/mol. The van der Waals surface area contributed by atoms with Crippen LogP contribution in [0.3, 0.4) is 0 Å². The van der Waals surface area contributed by atoms with Gasteiger partial charge in [0, 0.05) is 11.8 Å². The number of hydrogen-bond acceptors (Lipinski definition) is 8. The molecular formula is C80H52O8. The SMILES string of the molecule is O=C(OCc1ccc2ccc3cccc4ccc1c2c34)C1C2C=CC(C1C(=O)OCc1ccc3ccc4cccc5ccc1c3c45)C(C(=O)OCc1ccc3ccc4cccc5ccc1c3c45)C2C(=O)OCc1ccc2ccc3cccc4ccc1c2c34. The predicted octanol–water partition coefficient (Wildman–Crippen LogP) is 17.8. The Labute approximate surface area is 503 Å². The topological polar surface area (TPSA) is 105 Å². The third kappa shape index (κ3) is 7.57. The zero-order valence-corrected chi connectivity index (χ0v) is 47.5. The van der Waals surface area contributed by atoms with E-state index in [-0.39, 0.29) is 26.4 Å². The van der Waals surface area contributed by atoms with Crippen LogP contribution in [0.4, 0.5) is 0 Å². The van der Waals surface area contributed by atoms with E-state index in [1.54, 1.807) is 0 Å². The van der Waals surface area contributed by atoms with E-state index >= 15 is 19.2 Å². The maximum atomic E-state index is 15.6. The lowest BCUT2D eigenvalue weighted by Gasteiger charge is -2.49. The van der Waals surface area contributed by atoms with Crippen LogP contribution in [-0.4, -0.2) is 23.9 Å². The second kappa shape index (κ2) is 19.4. The second-order valence-corrected chi connectivity index (χ2v) is 24.4. The van der Waals surface area contributed by atoms with Gasteiger partial charge in [0.15, 0.2) is 0 Å². The molecule has 1 saturated carbocycles. The van der Waals surface area contributed by atoms with Crippen LogP contribution in [0, 0.1) is 35.5 Å². The molecule has 8 nitrogen and oxygen atoms in total. The van der Waals surface area contributed by atoms with Crippen molar-refractivity contribution in [3.05, 3.63) is 253 Å². The summed E-state index contributed by atoms with van der Waals surface area (Å²) in [6.45, 7) is -0.430. The first-order valence-corrected chi connectivity index (χ1v) is 30.3. The Morgan fingerprint density at radius 1 is 0.227 bits per heavy atom. The minimum absolute atomic E-state index is 0.107.